The summed E-state index contributed by atoms with van der Waals surface area (Å²) >= 11 is 0. The quantitative estimate of drug-likeness (QED) is 0.202. The van der Waals surface area contributed by atoms with E-state index in [4.69, 9.17) is 9.84 Å². The lowest BCUT2D eigenvalue weighted by Crippen LogP contribution is -2.18. The fourth-order valence-electron chi connectivity index (χ4n) is 2.66. The Morgan fingerprint density at radius 1 is 0.875 bits per heavy atom. The van der Waals surface area contributed by atoms with Gasteiger partial charge in [0.2, 0.25) is 0 Å². The number of aliphatic hydroxyl groups is 1. The van der Waals surface area contributed by atoms with Crippen LogP contribution in [-0.2, 0) is 9.53 Å². The lowest BCUT2D eigenvalue weighted by molar-refractivity contribution is -0.150. The normalized spacial score (nSPS) is 12.6. The number of rotatable bonds is 17. The number of hydrogen-bond acceptors (Lipinski definition) is 3. The molecule has 0 aliphatic heterocycles. The summed E-state index contributed by atoms with van der Waals surface area (Å²) in [5.74, 6) is -0.186. The number of carbonyl (C=O) groups excluding carboxylic acids is 1. The second-order valence-corrected chi connectivity index (χ2v) is 6.82. The van der Waals surface area contributed by atoms with Crippen LogP contribution in [0.25, 0.3) is 0 Å². The highest BCUT2D eigenvalue weighted by atomic mass is 16.5. The summed E-state index contributed by atoms with van der Waals surface area (Å²) < 4.78 is 5.02. The highest BCUT2D eigenvalue weighted by molar-refractivity contribution is 5.69. The molecule has 0 amide bonds. The van der Waals surface area contributed by atoms with Gasteiger partial charge >= 0.3 is 5.97 Å². The molecule has 0 spiro atoms. The maximum Gasteiger partial charge on any atom is 0.306 e. The molecule has 0 heterocycles. The average Bonchev–Trinajstić information content (AvgIpc) is 2.58. The van der Waals surface area contributed by atoms with Gasteiger partial charge in [-0.1, -0.05) is 70.4 Å². The minimum absolute atomic E-state index is 0.0991. The van der Waals surface area contributed by atoms with Crippen molar-refractivity contribution in [2.45, 2.75) is 110 Å². The fraction of sp³-hybridized carbons (Fsp3) is 0.857. The second kappa shape index (κ2) is 18.5. The number of ether oxygens (including phenoxy) is 1. The van der Waals surface area contributed by atoms with Crippen LogP contribution in [0.5, 0.6) is 0 Å². The van der Waals surface area contributed by atoms with Gasteiger partial charge in [-0.15, -0.1) is 0 Å². The number of esters is 1. The molecule has 0 saturated carbocycles. The van der Waals surface area contributed by atoms with Gasteiger partial charge < -0.3 is 9.84 Å². The Hall–Kier alpha value is -0.830. The Morgan fingerprint density at radius 2 is 1.38 bits per heavy atom. The molecule has 0 radical (unpaired) electrons. The Morgan fingerprint density at radius 3 is 1.92 bits per heavy atom. The van der Waals surface area contributed by atoms with Gasteiger partial charge in [-0.05, 0) is 39.0 Å². The van der Waals surface area contributed by atoms with E-state index in [2.05, 4.69) is 19.1 Å². The Balaban J connectivity index is 3.22. The summed E-state index contributed by atoms with van der Waals surface area (Å²) in [6, 6.07) is 0. The van der Waals surface area contributed by atoms with Gasteiger partial charge in [-0.2, -0.15) is 0 Å². The van der Waals surface area contributed by atoms with E-state index in [0.29, 0.717) is 6.42 Å². The smallest absolute Gasteiger partial charge is 0.306 e. The largest absolute Gasteiger partial charge is 0.460 e. The van der Waals surface area contributed by atoms with E-state index in [1.54, 1.807) is 6.92 Å². The molecule has 142 valence electrons. The zero-order chi connectivity index (χ0) is 17.9. The molecule has 0 rings (SSSR count). The monoisotopic (exact) mass is 340 g/mol. The molecule has 24 heavy (non-hydrogen) atoms. The molecule has 0 aromatic carbocycles. The van der Waals surface area contributed by atoms with Crippen molar-refractivity contribution in [3.8, 4) is 0 Å². The minimum Gasteiger partial charge on any atom is -0.460 e. The predicted octanol–water partition coefficient (Wildman–Crippen LogP) is 5.95. The van der Waals surface area contributed by atoms with Crippen LogP contribution < -0.4 is 0 Å². The Bertz CT molecular complexity index is 299. The highest BCUT2D eigenvalue weighted by Gasteiger charge is 2.07. The number of carbonyl (C=O) groups is 1. The molecule has 0 aromatic rings. The van der Waals surface area contributed by atoms with Crippen LogP contribution in [0.15, 0.2) is 12.2 Å². The minimum atomic E-state index is -0.374. The molecule has 0 aliphatic carbocycles. The first-order valence-corrected chi connectivity index (χ1v) is 10.2. The van der Waals surface area contributed by atoms with Gasteiger partial charge in [0.1, 0.15) is 6.10 Å². The van der Waals surface area contributed by atoms with Crippen LogP contribution in [0.1, 0.15) is 104 Å². The van der Waals surface area contributed by atoms with Gasteiger partial charge in [0, 0.05) is 6.42 Å². The number of allylic oxidation sites excluding steroid dienone is 2. The molecule has 0 aliphatic rings. The summed E-state index contributed by atoms with van der Waals surface area (Å²) in [5.41, 5.74) is 0. The van der Waals surface area contributed by atoms with Gasteiger partial charge in [0.25, 0.3) is 0 Å². The van der Waals surface area contributed by atoms with Crippen molar-refractivity contribution in [2.75, 3.05) is 6.61 Å². The van der Waals surface area contributed by atoms with Gasteiger partial charge in [-0.25, -0.2) is 0 Å². The molecular formula is C21H40O3. The summed E-state index contributed by atoms with van der Waals surface area (Å²) in [4.78, 5) is 11.4. The summed E-state index contributed by atoms with van der Waals surface area (Å²) in [6.45, 7) is 3.87. The third-order valence-electron chi connectivity index (χ3n) is 4.23. The fourth-order valence-corrected chi connectivity index (χ4v) is 2.66. The zero-order valence-electron chi connectivity index (χ0n) is 16.1. The van der Waals surface area contributed by atoms with Crippen molar-refractivity contribution in [3.05, 3.63) is 12.2 Å². The van der Waals surface area contributed by atoms with Crippen LogP contribution >= 0.6 is 0 Å². The topological polar surface area (TPSA) is 46.5 Å². The lowest BCUT2D eigenvalue weighted by Gasteiger charge is -2.09. The molecule has 1 atom stereocenters. The van der Waals surface area contributed by atoms with Crippen LogP contribution in [0.4, 0.5) is 0 Å². The lowest BCUT2D eigenvalue weighted by atomic mass is 10.1. The van der Waals surface area contributed by atoms with Crippen LogP contribution in [0.2, 0.25) is 0 Å². The van der Waals surface area contributed by atoms with E-state index in [-0.39, 0.29) is 18.7 Å². The van der Waals surface area contributed by atoms with E-state index in [1.807, 2.05) is 0 Å². The molecule has 1 unspecified atom stereocenters. The van der Waals surface area contributed by atoms with Gasteiger partial charge in [0.05, 0.1) is 6.61 Å². The Kier molecular flexibility index (Phi) is 17.9. The first-order chi connectivity index (χ1) is 11.7. The summed E-state index contributed by atoms with van der Waals surface area (Å²) in [6.07, 6.45) is 21.1. The highest BCUT2D eigenvalue weighted by Crippen LogP contribution is 2.10. The first-order valence-electron chi connectivity index (χ1n) is 10.2. The number of unbranched alkanes of at least 4 members (excludes halogenated alkanes) is 11. The van der Waals surface area contributed by atoms with Gasteiger partial charge in [0.15, 0.2) is 0 Å². The molecule has 0 aromatic heterocycles. The zero-order valence-corrected chi connectivity index (χ0v) is 16.1. The Labute approximate surface area is 149 Å². The summed E-state index contributed by atoms with van der Waals surface area (Å²) in [7, 11) is 0. The van der Waals surface area contributed by atoms with Crippen LogP contribution in [-0.4, -0.2) is 23.8 Å². The maximum absolute atomic E-state index is 11.4. The molecule has 0 saturated heterocycles. The molecule has 3 heteroatoms. The predicted molar refractivity (Wildman–Crippen MR) is 102 cm³/mol. The number of hydrogen-bond donors (Lipinski definition) is 1. The van der Waals surface area contributed by atoms with E-state index in [0.717, 1.165) is 12.8 Å². The second-order valence-electron chi connectivity index (χ2n) is 6.82. The van der Waals surface area contributed by atoms with Crippen LogP contribution in [0.3, 0.4) is 0 Å². The van der Waals surface area contributed by atoms with E-state index in [1.165, 1.54) is 70.6 Å². The first kappa shape index (κ1) is 23.2. The molecule has 1 N–H and O–H groups in total. The standard InChI is InChI=1S/C21H40O3/c1-3-4-5-6-7-8-9-10-11-12-13-14-15-16-17-18-21(23)24-20(2)19-22/h10-11,20,22H,3-9,12-19H2,1-2H3/b11-10+. The number of aliphatic hydroxyl groups excluding tert-OH is 1. The molecule has 0 bridgehead atoms. The maximum atomic E-state index is 11.4. The van der Waals surface area contributed by atoms with E-state index < -0.39 is 0 Å². The third-order valence-corrected chi connectivity index (χ3v) is 4.23. The van der Waals surface area contributed by atoms with Crippen molar-refractivity contribution < 1.29 is 14.6 Å². The van der Waals surface area contributed by atoms with Crippen molar-refractivity contribution >= 4 is 5.97 Å². The van der Waals surface area contributed by atoms with E-state index >= 15 is 0 Å². The third kappa shape index (κ3) is 17.5. The molecule has 3 nitrogen and oxygen atoms in total. The SMILES string of the molecule is CCCCCCCC/C=C/CCCCCCCC(=O)OC(C)CO. The van der Waals surface area contributed by atoms with E-state index in [9.17, 15) is 4.79 Å². The average molecular weight is 341 g/mol. The van der Waals surface area contributed by atoms with Crippen molar-refractivity contribution in [1.82, 2.24) is 0 Å². The van der Waals surface area contributed by atoms with Crippen molar-refractivity contribution in [1.29, 1.82) is 0 Å². The molecule has 0 fully saturated rings. The summed E-state index contributed by atoms with van der Waals surface area (Å²) in [5, 5.41) is 8.80. The van der Waals surface area contributed by atoms with Crippen LogP contribution in [0, 0.1) is 0 Å². The van der Waals surface area contributed by atoms with Gasteiger partial charge in [-0.3, -0.25) is 4.79 Å². The molecular weight excluding hydrogens is 300 g/mol. The van der Waals surface area contributed by atoms with Crippen molar-refractivity contribution in [2.24, 2.45) is 0 Å². The van der Waals surface area contributed by atoms with Crippen molar-refractivity contribution in [3.63, 3.8) is 0 Å².